The number of aliphatic hydroxyl groups excluding tert-OH is 2. The summed E-state index contributed by atoms with van der Waals surface area (Å²) in [6.07, 6.45) is -1.40. The number of hydrogen-bond donors (Lipinski definition) is 3. The van der Waals surface area contributed by atoms with Gasteiger partial charge in [0, 0.05) is 12.5 Å². The Kier molecular flexibility index (Phi) is 2.25. The molecule has 0 aromatic carbocycles. The summed E-state index contributed by atoms with van der Waals surface area (Å²) in [6.45, 7) is 1.60. The van der Waals surface area contributed by atoms with Gasteiger partial charge in [-0.25, -0.2) is 0 Å². The normalized spacial score (nSPS) is 43.8. The van der Waals surface area contributed by atoms with Crippen LogP contribution in [-0.4, -0.2) is 34.8 Å². The van der Waals surface area contributed by atoms with E-state index in [1.54, 1.807) is 6.92 Å². The minimum Gasteiger partial charge on any atom is -0.391 e. The highest BCUT2D eigenvalue weighted by Crippen LogP contribution is 2.19. The molecule has 1 fully saturated rings. The lowest BCUT2D eigenvalue weighted by Crippen LogP contribution is -2.38. The summed E-state index contributed by atoms with van der Waals surface area (Å²) in [5.41, 5.74) is 5.53. The average molecular weight is 147 g/mol. The number of aliphatic hydroxyl groups is 2. The number of ether oxygens (including phenoxy) is 1. The molecular weight excluding hydrogens is 134 g/mol. The summed E-state index contributed by atoms with van der Waals surface area (Å²) >= 11 is 0. The maximum atomic E-state index is 9.02. The predicted molar refractivity (Wildman–Crippen MR) is 35.2 cm³/mol. The molecule has 1 aliphatic heterocycles. The van der Waals surface area contributed by atoms with Gasteiger partial charge in [0.2, 0.25) is 0 Å². The highest BCUT2D eigenvalue weighted by atomic mass is 16.6. The summed E-state index contributed by atoms with van der Waals surface area (Å²) < 4.78 is 4.92. The Morgan fingerprint density at radius 3 is 2.50 bits per heavy atom. The molecule has 1 unspecified atom stereocenters. The molecule has 0 bridgehead atoms. The quantitative estimate of drug-likeness (QED) is 0.435. The van der Waals surface area contributed by atoms with Gasteiger partial charge in [-0.3, -0.25) is 0 Å². The summed E-state index contributed by atoms with van der Waals surface area (Å²) in [5.74, 6) is 0. The third kappa shape index (κ3) is 1.46. The van der Waals surface area contributed by atoms with Crippen LogP contribution in [0.1, 0.15) is 13.3 Å². The third-order valence-electron chi connectivity index (χ3n) is 1.69. The second-order valence-corrected chi connectivity index (χ2v) is 2.70. The number of rotatable bonds is 1. The van der Waals surface area contributed by atoms with E-state index in [-0.39, 0.29) is 6.04 Å². The zero-order valence-corrected chi connectivity index (χ0v) is 5.90. The van der Waals surface area contributed by atoms with Crippen molar-refractivity contribution in [1.82, 2.24) is 0 Å². The Balaban J connectivity index is 2.46. The molecule has 4 heteroatoms. The van der Waals surface area contributed by atoms with Gasteiger partial charge >= 0.3 is 0 Å². The van der Waals surface area contributed by atoms with Crippen LogP contribution in [0.15, 0.2) is 0 Å². The molecule has 10 heavy (non-hydrogen) atoms. The molecule has 1 saturated heterocycles. The molecule has 1 rings (SSSR count). The Morgan fingerprint density at radius 2 is 2.30 bits per heavy atom. The van der Waals surface area contributed by atoms with Crippen molar-refractivity contribution in [2.24, 2.45) is 5.73 Å². The second-order valence-electron chi connectivity index (χ2n) is 2.70. The molecule has 60 valence electrons. The topological polar surface area (TPSA) is 75.7 Å². The van der Waals surface area contributed by atoms with Crippen molar-refractivity contribution in [3.05, 3.63) is 0 Å². The van der Waals surface area contributed by atoms with E-state index in [4.69, 9.17) is 20.7 Å². The number of hydrogen-bond acceptors (Lipinski definition) is 4. The van der Waals surface area contributed by atoms with Crippen molar-refractivity contribution < 1.29 is 14.9 Å². The van der Waals surface area contributed by atoms with E-state index in [0.29, 0.717) is 6.42 Å². The Hall–Kier alpha value is -0.160. The molecule has 1 aliphatic rings. The average Bonchev–Trinajstić information content (AvgIpc) is 2.10. The van der Waals surface area contributed by atoms with Gasteiger partial charge in [0.05, 0.1) is 6.10 Å². The van der Waals surface area contributed by atoms with Gasteiger partial charge in [0.15, 0.2) is 6.29 Å². The highest BCUT2D eigenvalue weighted by Gasteiger charge is 2.34. The van der Waals surface area contributed by atoms with Gasteiger partial charge in [0.1, 0.15) is 6.10 Å². The summed E-state index contributed by atoms with van der Waals surface area (Å²) in [4.78, 5) is 0. The van der Waals surface area contributed by atoms with Crippen LogP contribution in [0.4, 0.5) is 0 Å². The van der Waals surface area contributed by atoms with Crippen molar-refractivity contribution in [2.45, 2.75) is 37.9 Å². The molecule has 0 radical (unpaired) electrons. The molecule has 4 nitrogen and oxygen atoms in total. The fraction of sp³-hybridized carbons (Fsp3) is 1.00. The van der Waals surface area contributed by atoms with Gasteiger partial charge < -0.3 is 20.7 Å². The standard InChI is InChI=1S/C6H13NO3/c1-3(8)6-4(7)2-5(9)10-6/h3-6,8-9H,2,7H2,1H3/t3-,4+,5?,6+/m1/s1. The van der Waals surface area contributed by atoms with Crippen molar-refractivity contribution in [1.29, 1.82) is 0 Å². The van der Waals surface area contributed by atoms with Gasteiger partial charge in [-0.1, -0.05) is 0 Å². The lowest BCUT2D eigenvalue weighted by atomic mass is 10.1. The maximum Gasteiger partial charge on any atom is 0.156 e. The van der Waals surface area contributed by atoms with Crippen LogP contribution in [0.3, 0.4) is 0 Å². The van der Waals surface area contributed by atoms with E-state index in [1.807, 2.05) is 0 Å². The Morgan fingerprint density at radius 1 is 1.70 bits per heavy atom. The van der Waals surface area contributed by atoms with E-state index in [9.17, 15) is 0 Å². The smallest absolute Gasteiger partial charge is 0.156 e. The van der Waals surface area contributed by atoms with Crippen LogP contribution in [0.2, 0.25) is 0 Å². The summed E-state index contributed by atoms with van der Waals surface area (Å²) in [6, 6.07) is -0.241. The molecule has 4 atom stereocenters. The minimum atomic E-state index is -0.797. The first-order valence-electron chi connectivity index (χ1n) is 3.38. The Labute approximate surface area is 59.6 Å². The van der Waals surface area contributed by atoms with Crippen LogP contribution in [-0.2, 0) is 4.74 Å². The zero-order chi connectivity index (χ0) is 7.72. The van der Waals surface area contributed by atoms with Crippen LogP contribution in [0.25, 0.3) is 0 Å². The SMILES string of the molecule is C[C@@H](O)[C@@H]1OC(O)C[C@@H]1N. The van der Waals surface area contributed by atoms with Gasteiger partial charge in [-0.2, -0.15) is 0 Å². The molecule has 1 heterocycles. The van der Waals surface area contributed by atoms with Crippen molar-refractivity contribution in [3.63, 3.8) is 0 Å². The minimum absolute atomic E-state index is 0.241. The number of nitrogens with two attached hydrogens (primary N) is 1. The molecular formula is C6H13NO3. The van der Waals surface area contributed by atoms with Gasteiger partial charge in [-0.15, -0.1) is 0 Å². The zero-order valence-electron chi connectivity index (χ0n) is 5.90. The van der Waals surface area contributed by atoms with Crippen LogP contribution >= 0.6 is 0 Å². The summed E-state index contributed by atoms with van der Waals surface area (Å²) in [7, 11) is 0. The van der Waals surface area contributed by atoms with Crippen molar-refractivity contribution in [3.8, 4) is 0 Å². The molecule has 0 saturated carbocycles. The fourth-order valence-electron chi connectivity index (χ4n) is 1.18. The van der Waals surface area contributed by atoms with Crippen LogP contribution in [0.5, 0.6) is 0 Å². The molecule has 0 aromatic heterocycles. The highest BCUT2D eigenvalue weighted by molar-refractivity contribution is 4.84. The van der Waals surface area contributed by atoms with E-state index >= 15 is 0 Å². The molecule has 0 aliphatic carbocycles. The van der Waals surface area contributed by atoms with E-state index < -0.39 is 18.5 Å². The second kappa shape index (κ2) is 2.84. The van der Waals surface area contributed by atoms with Crippen LogP contribution in [0, 0.1) is 0 Å². The molecule has 0 aromatic rings. The third-order valence-corrected chi connectivity index (χ3v) is 1.69. The lowest BCUT2D eigenvalue weighted by molar-refractivity contribution is -0.118. The first-order valence-corrected chi connectivity index (χ1v) is 3.38. The first-order chi connectivity index (χ1) is 4.61. The van der Waals surface area contributed by atoms with Crippen molar-refractivity contribution >= 4 is 0 Å². The first kappa shape index (κ1) is 7.94. The fourth-order valence-corrected chi connectivity index (χ4v) is 1.18. The largest absolute Gasteiger partial charge is 0.391 e. The van der Waals surface area contributed by atoms with Gasteiger partial charge in [-0.05, 0) is 6.92 Å². The molecule has 0 amide bonds. The molecule has 4 N–H and O–H groups in total. The summed E-state index contributed by atoms with van der Waals surface area (Å²) in [5, 5.41) is 17.9. The van der Waals surface area contributed by atoms with Crippen molar-refractivity contribution in [2.75, 3.05) is 0 Å². The predicted octanol–water partition coefficient (Wildman–Crippen LogP) is -1.20. The van der Waals surface area contributed by atoms with E-state index in [0.717, 1.165) is 0 Å². The van der Waals surface area contributed by atoms with E-state index in [1.165, 1.54) is 0 Å². The van der Waals surface area contributed by atoms with E-state index in [2.05, 4.69) is 0 Å². The Bertz CT molecular complexity index is 118. The van der Waals surface area contributed by atoms with Gasteiger partial charge in [0.25, 0.3) is 0 Å². The lowest BCUT2D eigenvalue weighted by Gasteiger charge is -2.16. The maximum absolute atomic E-state index is 9.02. The van der Waals surface area contributed by atoms with Crippen LogP contribution < -0.4 is 5.73 Å². The monoisotopic (exact) mass is 147 g/mol. The molecule has 0 spiro atoms.